The van der Waals surface area contributed by atoms with E-state index in [4.69, 9.17) is 0 Å². The number of hydrogen-bond acceptors (Lipinski definition) is 4. The van der Waals surface area contributed by atoms with Crippen molar-refractivity contribution in [2.45, 2.75) is 12.8 Å². The predicted molar refractivity (Wildman–Crippen MR) is 98.0 cm³/mol. The summed E-state index contributed by atoms with van der Waals surface area (Å²) in [6, 6.07) is 15.2. The standard InChI is InChI=1S/C18H15NO3S2/c20-16(9-8-13-7-4-10-23-13)19-14-11-15(24-17(14)18(21)22)12-5-2-1-3-6-12/h1-7,10-11H,8-9H2,(H,19,20)(H,21,22). The molecule has 0 unspecified atom stereocenters. The van der Waals surface area contributed by atoms with Crippen LogP contribution in [-0.2, 0) is 11.2 Å². The van der Waals surface area contributed by atoms with Gasteiger partial charge in [0, 0.05) is 16.2 Å². The van der Waals surface area contributed by atoms with Crippen LogP contribution in [0.5, 0.6) is 0 Å². The fraction of sp³-hybridized carbons (Fsp3) is 0.111. The molecule has 0 aliphatic carbocycles. The third kappa shape index (κ3) is 3.90. The number of aromatic carboxylic acids is 1. The Bertz CT molecular complexity index is 839. The Morgan fingerprint density at radius 2 is 1.88 bits per heavy atom. The van der Waals surface area contributed by atoms with Crippen molar-refractivity contribution in [1.82, 2.24) is 0 Å². The third-order valence-corrected chi connectivity index (χ3v) is 5.55. The monoisotopic (exact) mass is 357 g/mol. The van der Waals surface area contributed by atoms with Gasteiger partial charge in [0.05, 0.1) is 5.69 Å². The first-order valence-electron chi connectivity index (χ1n) is 7.38. The molecule has 2 heterocycles. The summed E-state index contributed by atoms with van der Waals surface area (Å²) in [5, 5.41) is 14.1. The van der Waals surface area contributed by atoms with E-state index in [1.54, 1.807) is 17.4 Å². The van der Waals surface area contributed by atoms with Gasteiger partial charge in [-0.25, -0.2) is 4.79 Å². The normalized spacial score (nSPS) is 10.5. The minimum absolute atomic E-state index is 0.151. The van der Waals surface area contributed by atoms with Crippen LogP contribution < -0.4 is 5.32 Å². The molecule has 3 rings (SSSR count). The third-order valence-electron chi connectivity index (χ3n) is 3.44. The lowest BCUT2D eigenvalue weighted by Crippen LogP contribution is -2.13. The van der Waals surface area contributed by atoms with E-state index in [1.165, 1.54) is 11.3 Å². The first kappa shape index (κ1) is 16.4. The van der Waals surface area contributed by atoms with E-state index < -0.39 is 5.97 Å². The van der Waals surface area contributed by atoms with Crippen LogP contribution in [0.25, 0.3) is 10.4 Å². The summed E-state index contributed by atoms with van der Waals surface area (Å²) < 4.78 is 0. The van der Waals surface area contributed by atoms with Crippen LogP contribution in [0.15, 0.2) is 53.9 Å². The Morgan fingerprint density at radius 3 is 2.54 bits per heavy atom. The minimum atomic E-state index is -1.03. The number of carboxylic acid groups (broad SMARTS) is 1. The number of rotatable bonds is 6. The quantitative estimate of drug-likeness (QED) is 0.669. The maximum Gasteiger partial charge on any atom is 0.348 e. The first-order chi connectivity index (χ1) is 11.6. The van der Waals surface area contributed by atoms with Crippen LogP contribution in [0.3, 0.4) is 0 Å². The lowest BCUT2D eigenvalue weighted by molar-refractivity contribution is -0.116. The van der Waals surface area contributed by atoms with E-state index in [9.17, 15) is 14.7 Å². The second kappa shape index (κ2) is 7.42. The summed E-state index contributed by atoms with van der Waals surface area (Å²) in [4.78, 5) is 25.7. The van der Waals surface area contributed by atoms with Crippen molar-refractivity contribution < 1.29 is 14.7 Å². The van der Waals surface area contributed by atoms with Crippen LogP contribution in [0, 0.1) is 0 Å². The average Bonchev–Trinajstić information content (AvgIpc) is 3.23. The summed E-state index contributed by atoms with van der Waals surface area (Å²) in [6.45, 7) is 0. The number of nitrogens with one attached hydrogen (secondary N) is 1. The fourth-order valence-corrected chi connectivity index (χ4v) is 3.96. The Morgan fingerprint density at radius 1 is 1.08 bits per heavy atom. The van der Waals surface area contributed by atoms with Crippen molar-refractivity contribution in [2.75, 3.05) is 5.32 Å². The summed E-state index contributed by atoms with van der Waals surface area (Å²) in [6.07, 6.45) is 0.984. The van der Waals surface area contributed by atoms with E-state index in [0.717, 1.165) is 15.3 Å². The number of aryl methyl sites for hydroxylation is 1. The largest absolute Gasteiger partial charge is 0.477 e. The number of hydrogen-bond donors (Lipinski definition) is 2. The molecule has 0 spiro atoms. The van der Waals surface area contributed by atoms with Gasteiger partial charge in [-0.2, -0.15) is 0 Å². The molecule has 4 nitrogen and oxygen atoms in total. The highest BCUT2D eigenvalue weighted by Gasteiger charge is 2.18. The Hall–Kier alpha value is -2.44. The van der Waals surface area contributed by atoms with E-state index in [2.05, 4.69) is 5.32 Å². The Labute approximate surface area is 147 Å². The molecule has 24 heavy (non-hydrogen) atoms. The van der Waals surface area contributed by atoms with Gasteiger partial charge in [-0.05, 0) is 29.5 Å². The van der Waals surface area contributed by atoms with Crippen molar-refractivity contribution in [1.29, 1.82) is 0 Å². The van der Waals surface area contributed by atoms with Crippen LogP contribution in [-0.4, -0.2) is 17.0 Å². The molecule has 6 heteroatoms. The number of carbonyl (C=O) groups is 2. The lowest BCUT2D eigenvalue weighted by Gasteiger charge is -2.03. The van der Waals surface area contributed by atoms with Crippen molar-refractivity contribution in [3.8, 4) is 10.4 Å². The molecule has 0 radical (unpaired) electrons. The lowest BCUT2D eigenvalue weighted by atomic mass is 10.2. The molecule has 0 fully saturated rings. The predicted octanol–water partition coefficient (Wildman–Crippen LogP) is 4.75. The zero-order valence-corrected chi connectivity index (χ0v) is 14.3. The van der Waals surface area contributed by atoms with Crippen molar-refractivity contribution in [2.24, 2.45) is 0 Å². The summed E-state index contributed by atoms with van der Waals surface area (Å²) in [5.41, 5.74) is 1.30. The molecular weight excluding hydrogens is 342 g/mol. The molecule has 0 aliphatic rings. The molecule has 122 valence electrons. The van der Waals surface area contributed by atoms with Gasteiger partial charge in [-0.3, -0.25) is 4.79 Å². The molecule has 0 bridgehead atoms. The van der Waals surface area contributed by atoms with Gasteiger partial charge in [0.15, 0.2) is 0 Å². The number of amides is 1. The highest BCUT2D eigenvalue weighted by atomic mass is 32.1. The first-order valence-corrected chi connectivity index (χ1v) is 9.08. The van der Waals surface area contributed by atoms with Crippen LogP contribution in [0.4, 0.5) is 5.69 Å². The van der Waals surface area contributed by atoms with Gasteiger partial charge in [0.2, 0.25) is 5.91 Å². The van der Waals surface area contributed by atoms with Gasteiger partial charge in [-0.15, -0.1) is 22.7 Å². The summed E-state index contributed by atoms with van der Waals surface area (Å²) >= 11 is 2.77. The van der Waals surface area contributed by atoms with Gasteiger partial charge >= 0.3 is 5.97 Å². The summed E-state index contributed by atoms with van der Waals surface area (Å²) in [5.74, 6) is -1.21. The van der Waals surface area contributed by atoms with Gasteiger partial charge < -0.3 is 10.4 Å². The average molecular weight is 357 g/mol. The maximum atomic E-state index is 12.1. The number of anilines is 1. The fourth-order valence-electron chi connectivity index (χ4n) is 2.29. The smallest absolute Gasteiger partial charge is 0.348 e. The van der Waals surface area contributed by atoms with E-state index >= 15 is 0 Å². The minimum Gasteiger partial charge on any atom is -0.477 e. The van der Waals surface area contributed by atoms with Gasteiger partial charge in [-0.1, -0.05) is 36.4 Å². The van der Waals surface area contributed by atoms with Gasteiger partial charge in [0.25, 0.3) is 0 Å². The van der Waals surface area contributed by atoms with Crippen LogP contribution in [0.2, 0.25) is 0 Å². The molecule has 0 saturated carbocycles. The molecule has 1 aromatic carbocycles. The molecule has 0 atom stereocenters. The maximum absolute atomic E-state index is 12.1. The molecule has 2 aromatic heterocycles. The molecular formula is C18H15NO3S2. The zero-order valence-electron chi connectivity index (χ0n) is 12.7. The van der Waals surface area contributed by atoms with Crippen LogP contribution in [0.1, 0.15) is 21.0 Å². The molecule has 0 aliphatic heterocycles. The number of carbonyl (C=O) groups excluding carboxylic acids is 1. The SMILES string of the molecule is O=C(CCc1cccs1)Nc1cc(-c2ccccc2)sc1C(=O)O. The molecule has 0 saturated heterocycles. The Kier molecular flexibility index (Phi) is 5.08. The van der Waals surface area contributed by atoms with Crippen LogP contribution >= 0.6 is 22.7 Å². The number of thiophene rings is 2. The van der Waals surface area contributed by atoms with E-state index in [1.807, 2.05) is 47.8 Å². The zero-order chi connectivity index (χ0) is 16.9. The summed E-state index contributed by atoms with van der Waals surface area (Å²) in [7, 11) is 0. The highest BCUT2D eigenvalue weighted by Crippen LogP contribution is 2.34. The molecule has 1 amide bonds. The van der Waals surface area contributed by atoms with Crippen molar-refractivity contribution in [3.05, 3.63) is 63.7 Å². The number of benzene rings is 1. The highest BCUT2D eigenvalue weighted by molar-refractivity contribution is 7.18. The van der Waals surface area contributed by atoms with E-state index in [-0.39, 0.29) is 10.8 Å². The van der Waals surface area contributed by atoms with E-state index in [0.29, 0.717) is 18.5 Å². The van der Waals surface area contributed by atoms with Crippen molar-refractivity contribution in [3.63, 3.8) is 0 Å². The Balaban J connectivity index is 1.75. The molecule has 3 aromatic rings. The van der Waals surface area contributed by atoms with Gasteiger partial charge in [0.1, 0.15) is 4.88 Å². The second-order valence-corrected chi connectivity index (χ2v) is 7.24. The topological polar surface area (TPSA) is 66.4 Å². The molecule has 2 N–H and O–H groups in total. The second-order valence-electron chi connectivity index (χ2n) is 5.15. The van der Waals surface area contributed by atoms with Crippen molar-refractivity contribution >= 4 is 40.2 Å². The number of carboxylic acids is 1.